The Morgan fingerprint density at radius 3 is 2.62 bits per heavy atom. The second-order valence-electron chi connectivity index (χ2n) is 10.7. The molecule has 0 aromatic heterocycles. The Kier molecular flexibility index (Phi) is 6.91. The zero-order valence-corrected chi connectivity index (χ0v) is 20.1. The van der Waals surface area contributed by atoms with Gasteiger partial charge in [-0.15, -0.1) is 0 Å². The van der Waals surface area contributed by atoms with E-state index >= 15 is 0 Å². The van der Waals surface area contributed by atoms with Crippen molar-refractivity contribution in [1.82, 2.24) is 15.5 Å². The van der Waals surface area contributed by atoms with Gasteiger partial charge in [0.05, 0.1) is 13.2 Å². The van der Waals surface area contributed by atoms with Crippen LogP contribution in [0, 0.1) is 5.41 Å². The third-order valence-corrected chi connectivity index (χ3v) is 8.32. The Morgan fingerprint density at radius 1 is 1.06 bits per heavy atom. The van der Waals surface area contributed by atoms with Gasteiger partial charge >= 0.3 is 0 Å². The van der Waals surface area contributed by atoms with Gasteiger partial charge in [0.2, 0.25) is 11.8 Å². The molecule has 7 heteroatoms. The summed E-state index contributed by atoms with van der Waals surface area (Å²) in [5.41, 5.74) is 2.21. The molecule has 2 aliphatic heterocycles. The van der Waals surface area contributed by atoms with Crippen molar-refractivity contribution < 1.29 is 19.1 Å². The number of benzene rings is 1. The van der Waals surface area contributed by atoms with Gasteiger partial charge in [-0.25, -0.2) is 0 Å². The van der Waals surface area contributed by atoms with Crippen molar-refractivity contribution in [2.24, 2.45) is 5.41 Å². The fraction of sp³-hybridized carbons (Fsp3) is 0.667. The van der Waals surface area contributed by atoms with Crippen LogP contribution in [0.1, 0.15) is 93.0 Å². The second kappa shape index (κ2) is 10.1. The number of carbonyl (C=O) groups excluding carboxylic acids is 3. The number of fused-ring (bicyclic) bond motifs is 1. The molecule has 34 heavy (non-hydrogen) atoms. The maximum absolute atomic E-state index is 12.9. The average molecular weight is 468 g/mol. The number of unbranched alkanes of at least 4 members (excludes halogenated alkanes) is 4. The van der Waals surface area contributed by atoms with E-state index in [1.54, 1.807) is 11.0 Å². The average Bonchev–Trinajstić information content (AvgIpc) is 3.09. The van der Waals surface area contributed by atoms with Crippen molar-refractivity contribution in [3.05, 3.63) is 29.3 Å². The molecule has 3 fully saturated rings. The number of hydrogen-bond donors (Lipinski definition) is 2. The third kappa shape index (κ3) is 4.85. The number of imide groups is 1. The third-order valence-electron chi connectivity index (χ3n) is 8.32. The van der Waals surface area contributed by atoms with E-state index < -0.39 is 6.04 Å². The molecule has 1 aromatic rings. The number of nitrogens with one attached hydrogen (secondary N) is 2. The lowest BCUT2D eigenvalue weighted by atomic mass is 9.54. The van der Waals surface area contributed by atoms with Crippen LogP contribution in [0.2, 0.25) is 0 Å². The Balaban J connectivity index is 0.986. The quantitative estimate of drug-likeness (QED) is 0.383. The molecule has 1 unspecified atom stereocenters. The van der Waals surface area contributed by atoms with Gasteiger partial charge in [-0.3, -0.25) is 19.7 Å². The Labute approximate surface area is 202 Å². The molecule has 1 spiro atoms. The van der Waals surface area contributed by atoms with Crippen LogP contribution in [-0.4, -0.2) is 47.9 Å². The van der Waals surface area contributed by atoms with Gasteiger partial charge in [0.25, 0.3) is 5.91 Å². The highest BCUT2D eigenvalue weighted by Crippen LogP contribution is 2.55. The number of carbonyl (C=O) groups is 3. The molecule has 3 amide bonds. The molecule has 0 bridgehead atoms. The summed E-state index contributed by atoms with van der Waals surface area (Å²) in [6.45, 7) is 2.13. The van der Waals surface area contributed by atoms with Gasteiger partial charge < -0.3 is 15.0 Å². The maximum atomic E-state index is 12.9. The van der Waals surface area contributed by atoms with Gasteiger partial charge in [-0.05, 0) is 69.0 Å². The van der Waals surface area contributed by atoms with E-state index in [1.165, 1.54) is 51.4 Å². The SMILES string of the molecule is O=C1CCC(N2Cc3c(OCCCCCCCNC4CC5(CCC5)C4)cccc3C2=O)C(=O)N1. The lowest BCUT2D eigenvalue weighted by molar-refractivity contribution is -0.136. The van der Waals surface area contributed by atoms with E-state index in [2.05, 4.69) is 10.6 Å². The summed E-state index contributed by atoms with van der Waals surface area (Å²) in [4.78, 5) is 38.2. The number of ether oxygens (including phenoxy) is 1. The lowest BCUT2D eigenvalue weighted by Gasteiger charge is -2.54. The van der Waals surface area contributed by atoms with E-state index in [0.717, 1.165) is 42.2 Å². The maximum Gasteiger partial charge on any atom is 0.255 e. The lowest BCUT2D eigenvalue weighted by Crippen LogP contribution is -2.52. The molecule has 2 saturated carbocycles. The largest absolute Gasteiger partial charge is 0.493 e. The number of nitrogens with zero attached hydrogens (tertiary/aromatic N) is 1. The van der Waals surface area contributed by atoms with Crippen LogP contribution in [0.4, 0.5) is 0 Å². The molecule has 5 rings (SSSR count). The van der Waals surface area contributed by atoms with E-state index in [9.17, 15) is 14.4 Å². The van der Waals surface area contributed by atoms with E-state index in [0.29, 0.717) is 25.1 Å². The molecule has 4 aliphatic rings. The number of piperidine rings is 1. The van der Waals surface area contributed by atoms with Gasteiger partial charge in [0.15, 0.2) is 0 Å². The van der Waals surface area contributed by atoms with E-state index in [-0.39, 0.29) is 24.1 Å². The Bertz CT molecular complexity index is 934. The summed E-state index contributed by atoms with van der Waals surface area (Å²) in [5.74, 6) is -0.0844. The standard InChI is InChI=1S/C27H37N3O4/c31-24-11-10-22(25(32)29-24)30-18-21-20(26(30)33)8-6-9-23(21)34-15-5-3-1-2-4-14-28-19-16-27(17-19)12-7-13-27/h6,8-9,19,22,28H,1-5,7,10-18H2,(H,29,31,32). The summed E-state index contributed by atoms with van der Waals surface area (Å²) in [5, 5.41) is 6.07. The molecule has 1 aromatic carbocycles. The molecule has 1 atom stereocenters. The molecule has 2 heterocycles. The minimum Gasteiger partial charge on any atom is -0.493 e. The summed E-state index contributed by atoms with van der Waals surface area (Å²) in [6.07, 6.45) is 13.7. The highest BCUT2D eigenvalue weighted by molar-refractivity contribution is 6.05. The van der Waals surface area contributed by atoms with Crippen LogP contribution in [0.15, 0.2) is 18.2 Å². The van der Waals surface area contributed by atoms with Crippen LogP contribution < -0.4 is 15.4 Å². The van der Waals surface area contributed by atoms with Crippen molar-refractivity contribution in [2.45, 2.75) is 95.7 Å². The molecule has 2 N–H and O–H groups in total. The topological polar surface area (TPSA) is 87.7 Å². The van der Waals surface area contributed by atoms with Crippen LogP contribution >= 0.6 is 0 Å². The highest BCUT2D eigenvalue weighted by Gasteiger charge is 2.47. The monoisotopic (exact) mass is 467 g/mol. The molecular formula is C27H37N3O4. The first kappa shape index (κ1) is 23.3. The van der Waals surface area contributed by atoms with Crippen LogP contribution in [-0.2, 0) is 16.1 Å². The van der Waals surface area contributed by atoms with E-state index in [1.807, 2.05) is 12.1 Å². The molecular weight excluding hydrogens is 430 g/mol. The summed E-state index contributed by atoms with van der Waals surface area (Å²) in [7, 11) is 0. The van der Waals surface area contributed by atoms with Crippen molar-refractivity contribution in [1.29, 1.82) is 0 Å². The zero-order chi connectivity index (χ0) is 23.5. The van der Waals surface area contributed by atoms with E-state index in [4.69, 9.17) is 4.74 Å². The minimum atomic E-state index is -0.594. The fourth-order valence-corrected chi connectivity index (χ4v) is 6.15. The molecule has 184 valence electrons. The summed E-state index contributed by atoms with van der Waals surface area (Å²) in [6, 6.07) is 5.71. The van der Waals surface area contributed by atoms with Gasteiger partial charge in [-0.1, -0.05) is 31.7 Å². The van der Waals surface area contributed by atoms with Crippen molar-refractivity contribution >= 4 is 17.7 Å². The zero-order valence-electron chi connectivity index (χ0n) is 20.1. The highest BCUT2D eigenvalue weighted by atomic mass is 16.5. The Morgan fingerprint density at radius 2 is 1.85 bits per heavy atom. The van der Waals surface area contributed by atoms with Gasteiger partial charge in [0.1, 0.15) is 11.8 Å². The van der Waals surface area contributed by atoms with Gasteiger partial charge in [-0.2, -0.15) is 0 Å². The van der Waals surface area contributed by atoms with Crippen molar-refractivity contribution in [3.8, 4) is 5.75 Å². The summed E-state index contributed by atoms with van der Waals surface area (Å²) >= 11 is 0. The summed E-state index contributed by atoms with van der Waals surface area (Å²) < 4.78 is 6.05. The predicted molar refractivity (Wildman–Crippen MR) is 128 cm³/mol. The first-order valence-corrected chi connectivity index (χ1v) is 13.2. The smallest absolute Gasteiger partial charge is 0.255 e. The second-order valence-corrected chi connectivity index (χ2v) is 10.7. The van der Waals surface area contributed by atoms with Crippen molar-refractivity contribution in [2.75, 3.05) is 13.2 Å². The number of amides is 3. The minimum absolute atomic E-state index is 0.159. The fourth-order valence-electron chi connectivity index (χ4n) is 6.15. The normalized spacial score (nSPS) is 23.5. The number of hydrogen-bond acceptors (Lipinski definition) is 5. The molecule has 1 saturated heterocycles. The first-order valence-electron chi connectivity index (χ1n) is 13.2. The predicted octanol–water partition coefficient (Wildman–Crippen LogP) is 3.70. The van der Waals surface area contributed by atoms with Crippen LogP contribution in [0.25, 0.3) is 0 Å². The first-order chi connectivity index (χ1) is 16.5. The van der Waals surface area contributed by atoms with Crippen LogP contribution in [0.5, 0.6) is 5.75 Å². The molecule has 7 nitrogen and oxygen atoms in total. The van der Waals surface area contributed by atoms with Gasteiger partial charge in [0, 0.05) is 23.6 Å². The van der Waals surface area contributed by atoms with Crippen molar-refractivity contribution in [3.63, 3.8) is 0 Å². The Hall–Kier alpha value is -2.41. The number of rotatable bonds is 11. The molecule has 0 radical (unpaired) electrons. The molecule has 2 aliphatic carbocycles. The van der Waals surface area contributed by atoms with Crippen LogP contribution in [0.3, 0.4) is 0 Å².